The second kappa shape index (κ2) is 11.7. The number of thiazole rings is 1. The maximum absolute atomic E-state index is 13.2. The van der Waals surface area contributed by atoms with Crippen molar-refractivity contribution >= 4 is 23.2 Å². The summed E-state index contributed by atoms with van der Waals surface area (Å²) in [6, 6.07) is 8.23. The lowest BCUT2D eigenvalue weighted by molar-refractivity contribution is -0.126. The predicted molar refractivity (Wildman–Crippen MR) is 134 cm³/mol. The molecule has 1 fully saturated rings. The van der Waals surface area contributed by atoms with Gasteiger partial charge in [-0.15, -0.1) is 11.3 Å². The van der Waals surface area contributed by atoms with Gasteiger partial charge in [0.2, 0.25) is 5.91 Å². The van der Waals surface area contributed by atoms with Crippen molar-refractivity contribution in [2.24, 2.45) is 11.8 Å². The van der Waals surface area contributed by atoms with Crippen LogP contribution >= 0.6 is 11.3 Å². The summed E-state index contributed by atoms with van der Waals surface area (Å²) in [6.45, 7) is 12.7. The number of carbonyl (C=O) groups excluding carboxylic acids is 2. The number of hydrogen-bond acceptors (Lipinski definition) is 5. The molecule has 7 heteroatoms. The van der Waals surface area contributed by atoms with E-state index in [-0.39, 0.29) is 23.8 Å². The van der Waals surface area contributed by atoms with E-state index in [9.17, 15) is 9.59 Å². The fourth-order valence-electron chi connectivity index (χ4n) is 4.14. The molecule has 180 valence electrons. The van der Waals surface area contributed by atoms with Gasteiger partial charge in [0.1, 0.15) is 9.88 Å². The van der Waals surface area contributed by atoms with Gasteiger partial charge in [-0.1, -0.05) is 36.8 Å². The minimum absolute atomic E-state index is 0.0495. The Morgan fingerprint density at radius 2 is 1.82 bits per heavy atom. The fraction of sp³-hybridized carbons (Fsp3) is 0.577. The van der Waals surface area contributed by atoms with Crippen LogP contribution in [0.25, 0.3) is 10.6 Å². The number of likely N-dealkylation sites (tertiary alicyclic amines) is 1. The Morgan fingerprint density at radius 1 is 1.15 bits per heavy atom. The zero-order valence-electron chi connectivity index (χ0n) is 20.5. The minimum Gasteiger partial charge on any atom is -0.379 e. The number of aromatic nitrogens is 1. The molecular weight excluding hydrogens is 434 g/mol. The van der Waals surface area contributed by atoms with E-state index in [2.05, 4.69) is 41.5 Å². The van der Waals surface area contributed by atoms with Gasteiger partial charge in [0.25, 0.3) is 5.91 Å². The monoisotopic (exact) mass is 471 g/mol. The molecule has 2 aromatic rings. The molecule has 33 heavy (non-hydrogen) atoms. The standard InChI is InChI=1S/C26H37N3O3S/c1-17(2)32-16-6-13-27-24(30)19(4)21-11-14-29(15-12-21)26(31)23-20(5)28-25(33-23)22-9-7-18(3)8-10-22/h7-10,17,19,21H,6,11-16H2,1-5H3,(H,27,30). The summed E-state index contributed by atoms with van der Waals surface area (Å²) in [5.74, 6) is 0.410. The zero-order chi connectivity index (χ0) is 24.0. The van der Waals surface area contributed by atoms with Crippen molar-refractivity contribution in [3.8, 4) is 10.6 Å². The molecule has 0 spiro atoms. The fourth-order valence-corrected chi connectivity index (χ4v) is 5.18. The number of aryl methyl sites for hydroxylation is 2. The molecule has 2 heterocycles. The highest BCUT2D eigenvalue weighted by Gasteiger charge is 2.31. The van der Waals surface area contributed by atoms with Crippen LogP contribution in [0.1, 0.15) is 61.0 Å². The van der Waals surface area contributed by atoms with Crippen LogP contribution in [0.2, 0.25) is 0 Å². The summed E-state index contributed by atoms with van der Waals surface area (Å²) in [5, 5.41) is 3.92. The van der Waals surface area contributed by atoms with Gasteiger partial charge in [-0.05, 0) is 52.9 Å². The molecule has 1 aromatic heterocycles. The Hall–Kier alpha value is -2.25. The predicted octanol–water partition coefficient (Wildman–Crippen LogP) is 4.85. The number of hydrogen-bond donors (Lipinski definition) is 1. The Labute approximate surface area is 201 Å². The number of nitrogens with zero attached hydrogens (tertiary/aromatic N) is 2. The molecule has 0 radical (unpaired) electrons. The van der Waals surface area contributed by atoms with Gasteiger partial charge < -0.3 is 15.0 Å². The summed E-state index contributed by atoms with van der Waals surface area (Å²) < 4.78 is 5.52. The van der Waals surface area contributed by atoms with E-state index in [4.69, 9.17) is 4.74 Å². The van der Waals surface area contributed by atoms with Gasteiger partial charge in [-0.25, -0.2) is 4.98 Å². The van der Waals surface area contributed by atoms with Gasteiger partial charge in [0.15, 0.2) is 0 Å². The molecule has 2 amide bonds. The van der Waals surface area contributed by atoms with E-state index in [0.717, 1.165) is 40.4 Å². The highest BCUT2D eigenvalue weighted by atomic mass is 32.1. The van der Waals surface area contributed by atoms with Gasteiger partial charge in [-0.2, -0.15) is 0 Å². The van der Waals surface area contributed by atoms with Gasteiger partial charge in [0.05, 0.1) is 11.8 Å². The molecule has 0 aliphatic carbocycles. The highest BCUT2D eigenvalue weighted by molar-refractivity contribution is 7.17. The number of benzene rings is 1. The summed E-state index contributed by atoms with van der Waals surface area (Å²) in [4.78, 5) is 33.0. The van der Waals surface area contributed by atoms with Crippen LogP contribution in [0.3, 0.4) is 0 Å². The smallest absolute Gasteiger partial charge is 0.265 e. The summed E-state index contributed by atoms with van der Waals surface area (Å²) in [6.07, 6.45) is 2.73. The van der Waals surface area contributed by atoms with Crippen molar-refractivity contribution in [1.29, 1.82) is 0 Å². The summed E-state index contributed by atoms with van der Waals surface area (Å²) in [7, 11) is 0. The average molecular weight is 472 g/mol. The van der Waals surface area contributed by atoms with Crippen LogP contribution in [0.4, 0.5) is 0 Å². The van der Waals surface area contributed by atoms with Crippen molar-refractivity contribution in [2.75, 3.05) is 26.2 Å². The Kier molecular flexibility index (Phi) is 9.03. The van der Waals surface area contributed by atoms with Crippen molar-refractivity contribution in [3.63, 3.8) is 0 Å². The zero-order valence-corrected chi connectivity index (χ0v) is 21.3. The SMILES string of the molecule is Cc1ccc(-c2nc(C)c(C(=O)N3CCC(C(C)C(=O)NCCCOC(C)C)CC3)s2)cc1. The first-order valence-corrected chi connectivity index (χ1v) is 12.8. The summed E-state index contributed by atoms with van der Waals surface area (Å²) in [5.41, 5.74) is 3.04. The molecule has 1 saturated heterocycles. The maximum Gasteiger partial charge on any atom is 0.265 e. The first-order valence-electron chi connectivity index (χ1n) is 12.0. The lowest BCUT2D eigenvalue weighted by Crippen LogP contribution is -2.42. The molecule has 1 aromatic carbocycles. The third-order valence-corrected chi connectivity index (χ3v) is 7.50. The Bertz CT molecular complexity index is 931. The number of nitrogens with one attached hydrogen (secondary N) is 1. The third-order valence-electron chi connectivity index (χ3n) is 6.31. The number of ether oxygens (including phenoxy) is 1. The molecule has 6 nitrogen and oxygen atoms in total. The number of rotatable bonds is 9. The lowest BCUT2D eigenvalue weighted by Gasteiger charge is -2.34. The molecule has 1 atom stereocenters. The first-order chi connectivity index (χ1) is 15.8. The molecule has 1 aliphatic rings. The second-order valence-corrected chi connectivity index (χ2v) is 10.3. The van der Waals surface area contributed by atoms with E-state index in [1.165, 1.54) is 16.9 Å². The molecule has 1 N–H and O–H groups in total. The molecule has 0 bridgehead atoms. The highest BCUT2D eigenvalue weighted by Crippen LogP contribution is 2.31. The van der Waals surface area contributed by atoms with E-state index in [0.29, 0.717) is 32.2 Å². The van der Waals surface area contributed by atoms with Crippen LogP contribution in [-0.4, -0.2) is 54.0 Å². The molecule has 1 unspecified atom stereocenters. The van der Waals surface area contributed by atoms with Crippen molar-refractivity contribution < 1.29 is 14.3 Å². The molecular formula is C26H37N3O3S. The third kappa shape index (κ3) is 6.87. The number of piperidine rings is 1. The van der Waals surface area contributed by atoms with Gasteiger partial charge in [-0.3, -0.25) is 9.59 Å². The van der Waals surface area contributed by atoms with Crippen LogP contribution < -0.4 is 5.32 Å². The quantitative estimate of drug-likeness (QED) is 0.531. The van der Waals surface area contributed by atoms with Crippen molar-refractivity contribution in [3.05, 3.63) is 40.4 Å². The molecule has 3 rings (SSSR count). The Morgan fingerprint density at radius 3 is 2.45 bits per heavy atom. The minimum atomic E-state index is -0.0495. The largest absolute Gasteiger partial charge is 0.379 e. The Balaban J connectivity index is 1.50. The van der Waals surface area contributed by atoms with E-state index >= 15 is 0 Å². The number of amides is 2. The van der Waals surface area contributed by atoms with Crippen LogP contribution in [0, 0.1) is 25.7 Å². The summed E-state index contributed by atoms with van der Waals surface area (Å²) >= 11 is 1.47. The topological polar surface area (TPSA) is 71.5 Å². The molecule has 0 saturated carbocycles. The normalized spacial score (nSPS) is 15.6. The van der Waals surface area contributed by atoms with Crippen LogP contribution in [0.15, 0.2) is 24.3 Å². The lowest BCUT2D eigenvalue weighted by atomic mass is 9.84. The van der Waals surface area contributed by atoms with E-state index in [1.807, 2.05) is 32.6 Å². The van der Waals surface area contributed by atoms with Gasteiger partial charge in [0, 0.05) is 37.7 Å². The van der Waals surface area contributed by atoms with Crippen LogP contribution in [0.5, 0.6) is 0 Å². The van der Waals surface area contributed by atoms with E-state index in [1.54, 1.807) is 0 Å². The number of carbonyl (C=O) groups is 2. The van der Waals surface area contributed by atoms with Crippen molar-refractivity contribution in [2.45, 2.75) is 60.0 Å². The van der Waals surface area contributed by atoms with Crippen LogP contribution in [-0.2, 0) is 9.53 Å². The molecule has 1 aliphatic heterocycles. The first kappa shape index (κ1) is 25.4. The second-order valence-electron chi connectivity index (χ2n) is 9.28. The van der Waals surface area contributed by atoms with Crippen molar-refractivity contribution in [1.82, 2.24) is 15.2 Å². The average Bonchev–Trinajstić information content (AvgIpc) is 3.19. The maximum atomic E-state index is 13.2. The van der Waals surface area contributed by atoms with E-state index < -0.39 is 0 Å². The van der Waals surface area contributed by atoms with Gasteiger partial charge >= 0.3 is 0 Å².